The van der Waals surface area contributed by atoms with Crippen LogP contribution in [-0.2, 0) is 0 Å². The van der Waals surface area contributed by atoms with Crippen molar-refractivity contribution in [3.63, 3.8) is 0 Å². The molecule has 0 aromatic heterocycles. The monoisotopic (exact) mass is 363 g/mol. The lowest BCUT2D eigenvalue weighted by Gasteiger charge is -2.08. The summed E-state index contributed by atoms with van der Waals surface area (Å²) in [6.07, 6.45) is 0. The number of rotatable bonds is 2. The average molecular weight is 364 g/mol. The molecule has 0 heterocycles. The molecule has 2 aromatic carbocycles. The molecule has 0 atom stereocenters. The van der Waals surface area contributed by atoms with Gasteiger partial charge in [0, 0.05) is 9.64 Å². The van der Waals surface area contributed by atoms with E-state index in [4.69, 9.17) is 27.9 Å². The summed E-state index contributed by atoms with van der Waals surface area (Å²) in [6.45, 7) is 0. The highest BCUT2D eigenvalue weighted by atomic mass is 127. The molecule has 0 N–H and O–H groups in total. The highest BCUT2D eigenvalue weighted by Gasteiger charge is 2.06. The van der Waals surface area contributed by atoms with Crippen LogP contribution in [0.3, 0.4) is 0 Å². The van der Waals surface area contributed by atoms with Gasteiger partial charge in [0.25, 0.3) is 0 Å². The lowest BCUT2D eigenvalue weighted by molar-refractivity contribution is 0.481. The van der Waals surface area contributed by atoms with Crippen LogP contribution >= 0.6 is 45.8 Å². The summed E-state index contributed by atoms with van der Waals surface area (Å²) < 4.78 is 6.57. The molecule has 0 amide bonds. The number of halogens is 3. The van der Waals surface area contributed by atoms with Crippen molar-refractivity contribution in [3.05, 3.63) is 56.1 Å². The minimum absolute atomic E-state index is 0.413. The van der Waals surface area contributed by atoms with Gasteiger partial charge in [-0.05, 0) is 46.9 Å². The van der Waals surface area contributed by atoms with Gasteiger partial charge in [0.1, 0.15) is 16.5 Å². The summed E-state index contributed by atoms with van der Waals surface area (Å²) in [5.41, 5.74) is 0. The minimum atomic E-state index is 0.413. The van der Waals surface area contributed by atoms with Gasteiger partial charge in [-0.25, -0.2) is 0 Å². The van der Waals surface area contributed by atoms with Gasteiger partial charge < -0.3 is 4.74 Å². The Bertz CT molecular complexity index is 514. The van der Waals surface area contributed by atoms with E-state index < -0.39 is 0 Å². The van der Waals surface area contributed by atoms with E-state index in [0.717, 1.165) is 3.57 Å². The number of hydrogen-bond acceptors (Lipinski definition) is 1. The van der Waals surface area contributed by atoms with E-state index in [0.29, 0.717) is 21.5 Å². The highest BCUT2D eigenvalue weighted by molar-refractivity contribution is 14.1. The molecule has 0 spiro atoms. The Labute approximate surface area is 117 Å². The van der Waals surface area contributed by atoms with Crippen molar-refractivity contribution in [1.82, 2.24) is 0 Å². The molecule has 0 saturated heterocycles. The average Bonchev–Trinajstić information content (AvgIpc) is 2.25. The van der Waals surface area contributed by atoms with Gasteiger partial charge >= 0.3 is 0 Å². The molecule has 0 fully saturated rings. The molecule has 2 aromatic rings. The molecule has 4 heteroatoms. The summed E-state index contributed by atoms with van der Waals surface area (Å²) in [5, 5.41) is 0.890. The first-order chi connectivity index (χ1) is 7.66. The standard InChI is InChI=1S/C12H6Cl2IO/c13-10-5-2-6-11(12(10)14)16-9-4-1-3-8(15)7-9/h1-6H. The van der Waals surface area contributed by atoms with Crippen molar-refractivity contribution in [2.45, 2.75) is 0 Å². The predicted molar refractivity (Wildman–Crippen MR) is 74.5 cm³/mol. The molecule has 0 bridgehead atoms. The summed E-state index contributed by atoms with van der Waals surface area (Å²) in [7, 11) is 0. The third-order valence-corrected chi connectivity index (χ3v) is 3.30. The number of ether oxygens (including phenoxy) is 1. The molecule has 81 valence electrons. The van der Waals surface area contributed by atoms with Gasteiger partial charge in [0.15, 0.2) is 0 Å². The van der Waals surface area contributed by atoms with E-state index in [1.165, 1.54) is 0 Å². The number of benzene rings is 2. The maximum Gasteiger partial charge on any atom is 0.147 e. The molecule has 0 aliphatic heterocycles. The third-order valence-electron chi connectivity index (χ3n) is 1.87. The van der Waals surface area contributed by atoms with Crippen LogP contribution in [0, 0.1) is 9.64 Å². The Morgan fingerprint density at radius 3 is 2.56 bits per heavy atom. The molecule has 1 radical (unpaired) electrons. The predicted octanol–water partition coefficient (Wildman–Crippen LogP) is 5.19. The first-order valence-electron chi connectivity index (χ1n) is 4.46. The van der Waals surface area contributed by atoms with Crippen molar-refractivity contribution in [2.24, 2.45) is 0 Å². The van der Waals surface area contributed by atoms with E-state index in [-0.39, 0.29) is 0 Å². The third kappa shape index (κ3) is 2.81. The fraction of sp³-hybridized carbons (Fsp3) is 0. The zero-order chi connectivity index (χ0) is 11.5. The maximum absolute atomic E-state index is 6.01. The fourth-order valence-corrected chi connectivity index (χ4v) is 1.97. The topological polar surface area (TPSA) is 9.23 Å². The molecule has 0 unspecified atom stereocenters. The van der Waals surface area contributed by atoms with E-state index >= 15 is 0 Å². The van der Waals surface area contributed by atoms with Crippen LogP contribution in [0.2, 0.25) is 10.0 Å². The van der Waals surface area contributed by atoms with E-state index in [1.807, 2.05) is 18.2 Å². The van der Waals surface area contributed by atoms with Gasteiger partial charge in [-0.1, -0.05) is 35.3 Å². The molecule has 16 heavy (non-hydrogen) atoms. The summed E-state index contributed by atoms with van der Waals surface area (Å²) in [4.78, 5) is 0. The highest BCUT2D eigenvalue weighted by Crippen LogP contribution is 2.34. The van der Waals surface area contributed by atoms with Crippen molar-refractivity contribution in [3.8, 4) is 11.5 Å². The van der Waals surface area contributed by atoms with Gasteiger partial charge in [-0.2, -0.15) is 0 Å². The lowest BCUT2D eigenvalue weighted by Crippen LogP contribution is -1.86. The normalized spacial score (nSPS) is 10.2. The molecule has 0 aliphatic carbocycles. The maximum atomic E-state index is 6.01. The first kappa shape index (κ1) is 12.0. The second-order valence-electron chi connectivity index (χ2n) is 3.02. The molecular formula is C12H6Cl2IO. The van der Waals surface area contributed by atoms with Crippen LogP contribution in [0.1, 0.15) is 0 Å². The van der Waals surface area contributed by atoms with Crippen LogP contribution in [-0.4, -0.2) is 0 Å². The second-order valence-corrected chi connectivity index (χ2v) is 4.96. The summed E-state index contributed by atoms with van der Waals surface area (Å²) in [5.74, 6) is 1.16. The van der Waals surface area contributed by atoms with Gasteiger partial charge in [0.2, 0.25) is 0 Å². The van der Waals surface area contributed by atoms with Crippen LogP contribution in [0.15, 0.2) is 36.4 Å². The van der Waals surface area contributed by atoms with Crippen LogP contribution < -0.4 is 4.74 Å². The minimum Gasteiger partial charge on any atom is -0.455 e. The van der Waals surface area contributed by atoms with Crippen LogP contribution in [0.4, 0.5) is 0 Å². The molecule has 0 aliphatic rings. The van der Waals surface area contributed by atoms with Crippen molar-refractivity contribution in [1.29, 1.82) is 0 Å². The van der Waals surface area contributed by atoms with E-state index in [1.54, 1.807) is 18.2 Å². The molecule has 2 rings (SSSR count). The fourth-order valence-electron chi connectivity index (χ4n) is 1.16. The Kier molecular flexibility index (Phi) is 3.95. The Morgan fingerprint density at radius 1 is 1.06 bits per heavy atom. The summed E-state index contributed by atoms with van der Waals surface area (Å²) >= 11 is 14.1. The van der Waals surface area contributed by atoms with Crippen molar-refractivity contribution >= 4 is 45.8 Å². The molecular weight excluding hydrogens is 358 g/mol. The Hall–Kier alpha value is -0.450. The second kappa shape index (κ2) is 5.25. The Balaban J connectivity index is 2.31. The van der Waals surface area contributed by atoms with Crippen LogP contribution in [0.5, 0.6) is 11.5 Å². The smallest absolute Gasteiger partial charge is 0.147 e. The van der Waals surface area contributed by atoms with Crippen molar-refractivity contribution in [2.75, 3.05) is 0 Å². The number of hydrogen-bond donors (Lipinski definition) is 0. The van der Waals surface area contributed by atoms with Crippen molar-refractivity contribution < 1.29 is 4.74 Å². The zero-order valence-corrected chi connectivity index (χ0v) is 11.7. The van der Waals surface area contributed by atoms with Gasteiger partial charge in [0.05, 0.1) is 5.02 Å². The van der Waals surface area contributed by atoms with Crippen LogP contribution in [0.25, 0.3) is 0 Å². The lowest BCUT2D eigenvalue weighted by atomic mass is 10.3. The first-order valence-corrected chi connectivity index (χ1v) is 6.30. The SMILES string of the molecule is Clc1cccc(Oc2[c]c(I)ccc2)c1Cl. The van der Waals surface area contributed by atoms with Gasteiger partial charge in [-0.15, -0.1) is 0 Å². The van der Waals surface area contributed by atoms with Gasteiger partial charge in [-0.3, -0.25) is 0 Å². The quantitative estimate of drug-likeness (QED) is 0.667. The molecule has 0 saturated carbocycles. The van der Waals surface area contributed by atoms with E-state index in [2.05, 4.69) is 28.7 Å². The molecule has 1 nitrogen and oxygen atoms in total. The zero-order valence-electron chi connectivity index (χ0n) is 8.01. The van der Waals surface area contributed by atoms with E-state index in [9.17, 15) is 0 Å². The summed E-state index contributed by atoms with van der Waals surface area (Å²) in [6, 6.07) is 14.0. The Morgan fingerprint density at radius 2 is 1.81 bits per heavy atom. The largest absolute Gasteiger partial charge is 0.455 e.